The Kier molecular flexibility index (Phi) is 7.25. The zero-order valence-corrected chi connectivity index (χ0v) is 23.1. The Labute approximate surface area is 226 Å². The van der Waals surface area contributed by atoms with Crippen molar-refractivity contribution < 1.29 is 35.1 Å². The quantitative estimate of drug-likeness (QED) is 0.493. The minimum atomic E-state index is -4.36. The first-order valence-corrected chi connectivity index (χ1v) is 15.9. The molecule has 0 spiro atoms. The number of allylic oxidation sites excluding steroid dienone is 1. The van der Waals surface area contributed by atoms with Gasteiger partial charge in [-0.3, -0.25) is 0 Å². The molecule has 0 unspecified atom stereocenters. The van der Waals surface area contributed by atoms with Crippen LogP contribution in [0.5, 0.6) is 5.75 Å². The summed E-state index contributed by atoms with van der Waals surface area (Å²) in [5, 5.41) is 1.59. The van der Waals surface area contributed by atoms with Crippen molar-refractivity contribution in [3.63, 3.8) is 0 Å². The van der Waals surface area contributed by atoms with Gasteiger partial charge in [-0.15, -0.1) is 0 Å². The van der Waals surface area contributed by atoms with E-state index in [4.69, 9.17) is 21.1 Å². The summed E-state index contributed by atoms with van der Waals surface area (Å²) in [6.07, 6.45) is 0.452. The van der Waals surface area contributed by atoms with Crippen molar-refractivity contribution in [3.8, 4) is 5.75 Å². The predicted octanol–water partition coefficient (Wildman–Crippen LogP) is 4.46. The molecule has 3 aliphatic rings. The molecule has 2 saturated heterocycles. The second kappa shape index (κ2) is 10.1. The Bertz CT molecular complexity index is 1480. The second-order valence-corrected chi connectivity index (χ2v) is 14.6. The number of fused-ring (bicyclic) bond motifs is 3. The van der Waals surface area contributed by atoms with Crippen molar-refractivity contribution in [1.29, 1.82) is 0 Å². The lowest BCUT2D eigenvalue weighted by Crippen LogP contribution is -2.57. The van der Waals surface area contributed by atoms with Crippen molar-refractivity contribution in [2.45, 2.75) is 41.4 Å². The minimum absolute atomic E-state index is 0.0337. The number of rotatable bonds is 6. The first-order valence-electron chi connectivity index (χ1n) is 12.3. The Morgan fingerprint density at radius 3 is 2.50 bits per heavy atom. The van der Waals surface area contributed by atoms with Gasteiger partial charge in [-0.2, -0.15) is 0 Å². The summed E-state index contributed by atoms with van der Waals surface area (Å²) >= 11 is 5.98. The number of ether oxygens (including phenoxy) is 2. The van der Waals surface area contributed by atoms with Gasteiger partial charge >= 0.3 is 0 Å². The lowest BCUT2D eigenvalue weighted by Gasteiger charge is -2.50. The van der Waals surface area contributed by atoms with Crippen LogP contribution in [0.15, 0.2) is 52.4 Å². The molecule has 38 heavy (non-hydrogen) atoms. The fraction of sp³-hybridized carbons (Fsp3) is 0.462. The van der Waals surface area contributed by atoms with Crippen LogP contribution in [-0.4, -0.2) is 60.4 Å². The number of halogens is 3. The van der Waals surface area contributed by atoms with Gasteiger partial charge in [-0.25, -0.2) is 25.6 Å². The Morgan fingerprint density at radius 2 is 1.82 bits per heavy atom. The van der Waals surface area contributed by atoms with E-state index in [-0.39, 0.29) is 42.3 Å². The summed E-state index contributed by atoms with van der Waals surface area (Å²) in [7, 11) is -6.17. The monoisotopic (exact) mass is 587 g/mol. The maximum Gasteiger partial charge on any atom is 0.189 e. The van der Waals surface area contributed by atoms with Crippen LogP contribution >= 0.6 is 11.6 Å². The van der Waals surface area contributed by atoms with Crippen LogP contribution in [0.25, 0.3) is 0 Å². The molecule has 3 atom stereocenters. The smallest absolute Gasteiger partial charge is 0.189 e. The molecule has 2 fully saturated rings. The molecule has 7 nitrogen and oxygen atoms in total. The van der Waals surface area contributed by atoms with E-state index in [2.05, 4.69) is 0 Å². The van der Waals surface area contributed by atoms with E-state index < -0.39 is 53.8 Å². The Morgan fingerprint density at radius 1 is 1.11 bits per heavy atom. The maximum absolute atomic E-state index is 15.5. The molecule has 0 bridgehead atoms. The van der Waals surface area contributed by atoms with E-state index in [1.807, 2.05) is 11.9 Å². The van der Waals surface area contributed by atoms with Crippen molar-refractivity contribution >= 4 is 31.3 Å². The molecular formula is C26H28ClF2NO6S2. The Balaban J connectivity index is 1.57. The number of benzene rings is 2. The van der Waals surface area contributed by atoms with E-state index in [0.29, 0.717) is 11.4 Å². The largest absolute Gasteiger partial charge is 0.490 e. The summed E-state index contributed by atoms with van der Waals surface area (Å²) in [4.78, 5) is 1.78. The number of nitrogens with zero attached hydrogens (tertiary/aromatic N) is 1. The molecule has 3 aliphatic heterocycles. The van der Waals surface area contributed by atoms with E-state index in [1.54, 1.807) is 0 Å². The van der Waals surface area contributed by atoms with E-state index in [1.165, 1.54) is 29.7 Å². The fourth-order valence-electron chi connectivity index (χ4n) is 5.86. The lowest BCUT2D eigenvalue weighted by atomic mass is 9.75. The molecule has 0 amide bonds. The highest BCUT2D eigenvalue weighted by Crippen LogP contribution is 2.56. The van der Waals surface area contributed by atoms with Crippen LogP contribution in [0.2, 0.25) is 5.02 Å². The standard InChI is InChI=1S/C26H28ClF2NO6S2/c1-30-12-2-3-18(30)16-37(31,32)14-10-23-20-15-36-25-22(29)9-8-21(28)24(25)26(20,11-13-35-23)38(33,34)19-6-4-17(27)5-7-19/h4-9,16,20,23H,2-3,10-15H2,1H3/b18-16+/t20-,23-,26-/m0/s1. The first-order chi connectivity index (χ1) is 18.0. The summed E-state index contributed by atoms with van der Waals surface area (Å²) in [6.45, 7) is 0.404. The molecule has 3 heterocycles. The molecule has 2 aromatic rings. The van der Waals surface area contributed by atoms with Gasteiger partial charge in [0.1, 0.15) is 10.6 Å². The highest BCUT2D eigenvalue weighted by molar-refractivity contribution is 7.94. The normalized spacial score (nSPS) is 26.6. The SMILES string of the molecule is CN1CCC/C1=C\S(=O)(=O)CC[C@@H]1OCC[C@@]2(S(=O)(=O)c3ccc(Cl)cc3)c3c(F)ccc(F)c3OC[C@@H]12. The molecule has 12 heteroatoms. The molecule has 206 valence electrons. The number of sulfone groups is 2. The van der Waals surface area contributed by atoms with Crippen molar-refractivity contribution in [1.82, 2.24) is 4.90 Å². The molecule has 5 rings (SSSR count). The van der Waals surface area contributed by atoms with Crippen LogP contribution in [-0.2, 0) is 29.2 Å². The summed E-state index contributed by atoms with van der Waals surface area (Å²) < 4.78 is 94.4. The third-order valence-electron chi connectivity index (χ3n) is 7.77. The molecule has 0 N–H and O–H groups in total. The first kappa shape index (κ1) is 27.4. The molecule has 0 radical (unpaired) electrons. The molecule has 0 aromatic heterocycles. The van der Waals surface area contributed by atoms with Gasteiger partial charge in [0.25, 0.3) is 0 Å². The summed E-state index contributed by atoms with van der Waals surface area (Å²) in [5.41, 5.74) is 0.344. The molecular weight excluding hydrogens is 560 g/mol. The van der Waals surface area contributed by atoms with Gasteiger partial charge in [0, 0.05) is 42.2 Å². The molecule has 0 saturated carbocycles. The second-order valence-electron chi connectivity index (χ2n) is 9.95. The topological polar surface area (TPSA) is 90.0 Å². The lowest BCUT2D eigenvalue weighted by molar-refractivity contribution is -0.0732. The zero-order chi connectivity index (χ0) is 27.3. The van der Waals surface area contributed by atoms with Gasteiger partial charge in [-0.05, 0) is 62.1 Å². The van der Waals surface area contributed by atoms with Crippen LogP contribution in [0.1, 0.15) is 31.2 Å². The number of hydrogen-bond donors (Lipinski definition) is 0. The van der Waals surface area contributed by atoms with Crippen molar-refractivity contribution in [3.05, 3.63) is 69.7 Å². The highest BCUT2D eigenvalue weighted by Gasteiger charge is 2.61. The maximum atomic E-state index is 15.5. The molecule has 2 aromatic carbocycles. The van der Waals surface area contributed by atoms with Crippen molar-refractivity contribution in [2.75, 3.05) is 32.6 Å². The summed E-state index contributed by atoms with van der Waals surface area (Å²) in [5.74, 6) is -3.51. The van der Waals surface area contributed by atoms with Gasteiger partial charge < -0.3 is 14.4 Å². The van der Waals surface area contributed by atoms with Gasteiger partial charge in [0.15, 0.2) is 31.2 Å². The van der Waals surface area contributed by atoms with Gasteiger partial charge in [0.2, 0.25) is 0 Å². The third-order valence-corrected chi connectivity index (χ3v) is 12.0. The summed E-state index contributed by atoms with van der Waals surface area (Å²) in [6, 6.07) is 7.27. The fourth-order valence-corrected chi connectivity index (χ4v) is 9.72. The minimum Gasteiger partial charge on any atom is -0.490 e. The van der Waals surface area contributed by atoms with Crippen LogP contribution in [0.4, 0.5) is 8.78 Å². The zero-order valence-electron chi connectivity index (χ0n) is 20.7. The molecule has 0 aliphatic carbocycles. The average molecular weight is 588 g/mol. The average Bonchev–Trinajstić information content (AvgIpc) is 3.27. The highest BCUT2D eigenvalue weighted by atomic mass is 35.5. The van der Waals surface area contributed by atoms with E-state index in [0.717, 1.165) is 30.8 Å². The van der Waals surface area contributed by atoms with E-state index in [9.17, 15) is 21.2 Å². The van der Waals surface area contributed by atoms with Crippen molar-refractivity contribution in [2.24, 2.45) is 5.92 Å². The van der Waals surface area contributed by atoms with Gasteiger partial charge in [0.05, 0.1) is 28.9 Å². The van der Waals surface area contributed by atoms with Crippen LogP contribution in [0, 0.1) is 17.6 Å². The Hall–Kier alpha value is -2.21. The third kappa shape index (κ3) is 4.61. The number of hydrogen-bond acceptors (Lipinski definition) is 7. The number of likely N-dealkylation sites (tertiary alicyclic amines) is 1. The van der Waals surface area contributed by atoms with Crippen LogP contribution in [0.3, 0.4) is 0 Å². The predicted molar refractivity (Wildman–Crippen MR) is 138 cm³/mol. The van der Waals surface area contributed by atoms with Gasteiger partial charge in [-0.1, -0.05) is 11.6 Å². The van der Waals surface area contributed by atoms with Crippen LogP contribution < -0.4 is 4.74 Å². The van der Waals surface area contributed by atoms with E-state index >= 15 is 4.39 Å².